The van der Waals surface area contributed by atoms with Crippen LogP contribution in [0, 0.1) is 5.92 Å². The average molecular weight is 480 g/mol. The molecule has 3 rings (SSSR count). The van der Waals surface area contributed by atoms with Gasteiger partial charge < -0.3 is 14.8 Å². The van der Waals surface area contributed by atoms with Crippen molar-refractivity contribution in [3.05, 3.63) is 59.1 Å². The van der Waals surface area contributed by atoms with Gasteiger partial charge in [0.15, 0.2) is 12.4 Å². The Morgan fingerprint density at radius 1 is 0.939 bits per heavy atom. The van der Waals surface area contributed by atoms with Crippen molar-refractivity contribution in [1.82, 2.24) is 5.32 Å². The van der Waals surface area contributed by atoms with Crippen molar-refractivity contribution < 1.29 is 27.8 Å². The molecule has 1 N–H and O–H groups in total. The molecule has 0 unspecified atom stereocenters. The molecule has 178 valence electrons. The minimum Gasteiger partial charge on any atom is -0.486 e. The lowest BCUT2D eigenvalue weighted by Crippen LogP contribution is -2.40. The molecule has 8 heteroatoms. The fourth-order valence-corrected chi connectivity index (χ4v) is 3.97. The van der Waals surface area contributed by atoms with Crippen molar-refractivity contribution >= 4 is 23.3 Å². The van der Waals surface area contributed by atoms with E-state index in [1.807, 2.05) is 0 Å². The SMILES string of the molecule is CC(F)(F)c1ccc(OCC(=O)CC2CCC(NC(=O)COc3ccc(Cl)cc3)CC2)cc1. The number of carbonyl (C=O) groups excluding carboxylic acids is 2. The zero-order valence-corrected chi connectivity index (χ0v) is 19.2. The first kappa shape index (κ1) is 25.0. The fourth-order valence-electron chi connectivity index (χ4n) is 3.85. The van der Waals surface area contributed by atoms with E-state index in [1.54, 1.807) is 24.3 Å². The molecule has 1 fully saturated rings. The largest absolute Gasteiger partial charge is 0.486 e. The van der Waals surface area contributed by atoms with E-state index in [2.05, 4.69) is 5.32 Å². The topological polar surface area (TPSA) is 64.6 Å². The number of carbonyl (C=O) groups is 2. The number of amides is 1. The first-order valence-electron chi connectivity index (χ1n) is 11.0. The molecule has 33 heavy (non-hydrogen) atoms. The van der Waals surface area contributed by atoms with E-state index in [0.29, 0.717) is 22.9 Å². The fraction of sp³-hybridized carbons (Fsp3) is 0.440. The highest BCUT2D eigenvalue weighted by molar-refractivity contribution is 6.30. The second-order valence-corrected chi connectivity index (χ2v) is 8.91. The number of nitrogens with one attached hydrogen (secondary N) is 1. The maximum absolute atomic E-state index is 13.3. The molecule has 5 nitrogen and oxygen atoms in total. The summed E-state index contributed by atoms with van der Waals surface area (Å²) < 4.78 is 37.4. The van der Waals surface area contributed by atoms with Crippen molar-refractivity contribution in [3.63, 3.8) is 0 Å². The van der Waals surface area contributed by atoms with Gasteiger partial charge in [0.05, 0.1) is 0 Å². The van der Waals surface area contributed by atoms with Crippen LogP contribution in [-0.2, 0) is 15.5 Å². The predicted octanol–water partition coefficient (Wildman–Crippen LogP) is 5.54. The highest BCUT2D eigenvalue weighted by Gasteiger charge is 2.25. The number of halogens is 3. The third kappa shape index (κ3) is 8.31. The highest BCUT2D eigenvalue weighted by atomic mass is 35.5. The minimum absolute atomic E-state index is 0.0243. The van der Waals surface area contributed by atoms with Gasteiger partial charge in [0.2, 0.25) is 0 Å². The van der Waals surface area contributed by atoms with Crippen molar-refractivity contribution in [3.8, 4) is 11.5 Å². The third-order valence-corrected chi connectivity index (χ3v) is 5.92. The van der Waals surface area contributed by atoms with Gasteiger partial charge in [-0.3, -0.25) is 9.59 Å². The minimum atomic E-state index is -2.91. The van der Waals surface area contributed by atoms with Gasteiger partial charge in [-0.05, 0) is 80.1 Å². The standard InChI is InChI=1S/C25H28ClF2NO4/c1-25(27,28)18-4-10-22(11-5-18)32-15-21(30)14-17-2-8-20(9-3-17)29-24(31)16-33-23-12-6-19(26)7-13-23/h4-7,10-13,17,20H,2-3,8-9,14-16H2,1H3,(H,29,31). The van der Waals surface area contributed by atoms with Crippen LogP contribution in [0.2, 0.25) is 5.02 Å². The Labute approximate surface area is 197 Å². The van der Waals surface area contributed by atoms with Crippen LogP contribution < -0.4 is 14.8 Å². The van der Waals surface area contributed by atoms with Crippen molar-refractivity contribution in [1.29, 1.82) is 0 Å². The van der Waals surface area contributed by atoms with Crippen LogP contribution in [0.5, 0.6) is 11.5 Å². The number of hydrogen-bond donors (Lipinski definition) is 1. The van der Waals surface area contributed by atoms with E-state index in [4.69, 9.17) is 21.1 Å². The maximum atomic E-state index is 13.3. The first-order chi connectivity index (χ1) is 15.7. The summed E-state index contributed by atoms with van der Waals surface area (Å²) in [6.07, 6.45) is 3.70. The molecule has 1 saturated carbocycles. The molecule has 0 heterocycles. The summed E-state index contributed by atoms with van der Waals surface area (Å²) in [4.78, 5) is 24.4. The molecule has 2 aromatic rings. The van der Waals surface area contributed by atoms with E-state index in [0.717, 1.165) is 32.6 Å². The van der Waals surface area contributed by atoms with Gasteiger partial charge >= 0.3 is 0 Å². The number of rotatable bonds is 10. The Balaban J connectivity index is 1.32. The van der Waals surface area contributed by atoms with Crippen LogP contribution in [0.15, 0.2) is 48.5 Å². The zero-order chi connectivity index (χ0) is 23.8. The lowest BCUT2D eigenvalue weighted by molar-refractivity contribution is -0.125. The molecule has 0 aliphatic heterocycles. The quantitative estimate of drug-likeness (QED) is 0.485. The molecule has 0 spiro atoms. The highest BCUT2D eigenvalue weighted by Crippen LogP contribution is 2.29. The molecular weight excluding hydrogens is 452 g/mol. The van der Waals surface area contributed by atoms with Crippen LogP contribution in [0.3, 0.4) is 0 Å². The number of benzene rings is 2. The Morgan fingerprint density at radius 3 is 2.06 bits per heavy atom. The summed E-state index contributed by atoms with van der Waals surface area (Å²) in [5.74, 6) is -1.88. The van der Waals surface area contributed by atoms with Gasteiger partial charge in [0.1, 0.15) is 18.1 Å². The molecule has 0 saturated heterocycles. The summed E-state index contributed by atoms with van der Waals surface area (Å²) in [6.45, 7) is 0.691. The van der Waals surface area contributed by atoms with Gasteiger partial charge in [0.25, 0.3) is 11.8 Å². The van der Waals surface area contributed by atoms with E-state index >= 15 is 0 Å². The molecule has 2 aromatic carbocycles. The van der Waals surface area contributed by atoms with E-state index in [-0.39, 0.29) is 42.4 Å². The van der Waals surface area contributed by atoms with Gasteiger partial charge in [-0.15, -0.1) is 0 Å². The zero-order valence-electron chi connectivity index (χ0n) is 18.5. The molecule has 0 atom stereocenters. The molecular formula is C25H28ClF2NO4. The summed E-state index contributed by atoms with van der Waals surface area (Å²) in [6, 6.07) is 12.4. The lowest BCUT2D eigenvalue weighted by Gasteiger charge is -2.28. The third-order valence-electron chi connectivity index (χ3n) is 5.67. The first-order valence-corrected chi connectivity index (χ1v) is 11.4. The smallest absolute Gasteiger partial charge is 0.270 e. The van der Waals surface area contributed by atoms with Crippen LogP contribution in [-0.4, -0.2) is 30.9 Å². The van der Waals surface area contributed by atoms with Crippen LogP contribution in [0.4, 0.5) is 8.78 Å². The summed E-state index contributed by atoms with van der Waals surface area (Å²) in [5, 5.41) is 3.59. The van der Waals surface area contributed by atoms with Crippen molar-refractivity contribution in [2.24, 2.45) is 5.92 Å². The van der Waals surface area contributed by atoms with Crippen LogP contribution in [0.25, 0.3) is 0 Å². The number of alkyl halides is 2. The number of Topliss-reactive ketones (excluding diaryl/α,β-unsaturated/α-hetero) is 1. The van der Waals surface area contributed by atoms with Gasteiger partial charge in [-0.2, -0.15) is 0 Å². The summed E-state index contributed by atoms with van der Waals surface area (Å²) in [5.41, 5.74) is -0.0958. The predicted molar refractivity (Wildman–Crippen MR) is 122 cm³/mol. The van der Waals surface area contributed by atoms with E-state index in [1.165, 1.54) is 24.3 Å². The normalized spacial score (nSPS) is 18.4. The second-order valence-electron chi connectivity index (χ2n) is 8.47. The Hall–Kier alpha value is -2.67. The van der Waals surface area contributed by atoms with Crippen LogP contribution in [0.1, 0.15) is 44.6 Å². The Morgan fingerprint density at radius 2 is 1.48 bits per heavy atom. The Kier molecular flexibility index (Phi) is 8.67. The van der Waals surface area contributed by atoms with Gasteiger partial charge in [0, 0.05) is 30.0 Å². The van der Waals surface area contributed by atoms with E-state index < -0.39 is 5.92 Å². The van der Waals surface area contributed by atoms with Crippen molar-refractivity contribution in [2.75, 3.05) is 13.2 Å². The second kappa shape index (κ2) is 11.5. The van der Waals surface area contributed by atoms with Gasteiger partial charge in [-0.1, -0.05) is 11.6 Å². The monoisotopic (exact) mass is 479 g/mol. The number of ether oxygens (including phenoxy) is 2. The average Bonchev–Trinajstić information content (AvgIpc) is 2.78. The number of ketones is 1. The lowest BCUT2D eigenvalue weighted by atomic mass is 9.83. The Bertz CT molecular complexity index is 921. The number of hydrogen-bond acceptors (Lipinski definition) is 4. The molecule has 0 aromatic heterocycles. The van der Waals surface area contributed by atoms with Crippen LogP contribution >= 0.6 is 11.6 Å². The maximum Gasteiger partial charge on any atom is 0.270 e. The van der Waals surface area contributed by atoms with Gasteiger partial charge in [-0.25, -0.2) is 8.78 Å². The summed E-state index contributed by atoms with van der Waals surface area (Å²) >= 11 is 5.83. The van der Waals surface area contributed by atoms with Crippen molar-refractivity contribution in [2.45, 2.75) is 51.0 Å². The van der Waals surface area contributed by atoms with E-state index in [9.17, 15) is 18.4 Å². The molecule has 1 amide bonds. The molecule has 1 aliphatic rings. The molecule has 0 radical (unpaired) electrons. The summed E-state index contributed by atoms with van der Waals surface area (Å²) in [7, 11) is 0. The molecule has 1 aliphatic carbocycles. The molecule has 0 bridgehead atoms.